The van der Waals surface area contributed by atoms with Crippen LogP contribution in [0.15, 0.2) is 42.5 Å². The Morgan fingerprint density at radius 2 is 1.95 bits per heavy atom. The number of rotatable bonds is 4. The molecule has 0 fully saturated rings. The van der Waals surface area contributed by atoms with Crippen molar-refractivity contribution in [2.75, 3.05) is 6.54 Å². The Hall–Kier alpha value is -2.11. The maximum atomic E-state index is 8.59. The third-order valence-corrected chi connectivity index (χ3v) is 4.01. The van der Waals surface area contributed by atoms with Crippen LogP contribution in [0.1, 0.15) is 36.1 Å². The molecule has 0 heterocycles. The highest BCUT2D eigenvalue weighted by atomic mass is 14.9. The number of hydrogen-bond donors (Lipinski definition) is 1. The lowest BCUT2D eigenvalue weighted by molar-refractivity contribution is 0.583. The van der Waals surface area contributed by atoms with Crippen LogP contribution in [-0.2, 0) is 6.42 Å². The van der Waals surface area contributed by atoms with Gasteiger partial charge in [-0.25, -0.2) is 0 Å². The molecular weight excluding hydrogens is 244 g/mol. The van der Waals surface area contributed by atoms with E-state index in [4.69, 9.17) is 5.26 Å². The third kappa shape index (κ3) is 2.33. The lowest BCUT2D eigenvalue weighted by Gasteiger charge is -2.14. The maximum Gasteiger partial charge on any atom is 0.0635 e. The van der Waals surface area contributed by atoms with Crippen molar-refractivity contribution in [3.05, 3.63) is 59.2 Å². The minimum absolute atomic E-state index is 0.289. The summed E-state index contributed by atoms with van der Waals surface area (Å²) in [5.74, 6) is 0. The fraction of sp³-hybridized carbons (Fsp3) is 0.278. The van der Waals surface area contributed by atoms with Crippen molar-refractivity contribution in [1.29, 1.82) is 5.26 Å². The number of nitrogens with zero attached hydrogens (tertiary/aromatic N) is 1. The number of nitriles is 1. The summed E-state index contributed by atoms with van der Waals surface area (Å²) < 4.78 is 0. The van der Waals surface area contributed by atoms with Gasteiger partial charge in [-0.1, -0.05) is 42.5 Å². The zero-order valence-corrected chi connectivity index (χ0v) is 11.7. The molecule has 2 aromatic rings. The lowest BCUT2D eigenvalue weighted by Crippen LogP contribution is -2.19. The summed E-state index contributed by atoms with van der Waals surface area (Å²) in [7, 11) is 0. The highest BCUT2D eigenvalue weighted by molar-refractivity contribution is 5.76. The topological polar surface area (TPSA) is 35.8 Å². The molecule has 0 radical (unpaired) electrons. The van der Waals surface area contributed by atoms with Gasteiger partial charge in [0.05, 0.1) is 6.07 Å². The minimum atomic E-state index is 0.289. The molecule has 100 valence electrons. The summed E-state index contributed by atoms with van der Waals surface area (Å²) >= 11 is 0. The largest absolute Gasteiger partial charge is 0.309 e. The van der Waals surface area contributed by atoms with E-state index in [1.807, 2.05) is 0 Å². The average molecular weight is 262 g/mol. The van der Waals surface area contributed by atoms with Gasteiger partial charge < -0.3 is 5.32 Å². The summed E-state index contributed by atoms with van der Waals surface area (Å²) in [6, 6.07) is 17.8. The van der Waals surface area contributed by atoms with Gasteiger partial charge in [0.15, 0.2) is 0 Å². The van der Waals surface area contributed by atoms with E-state index in [-0.39, 0.29) is 6.04 Å². The highest BCUT2D eigenvalue weighted by Gasteiger charge is 2.18. The molecule has 1 unspecified atom stereocenters. The molecule has 20 heavy (non-hydrogen) atoms. The van der Waals surface area contributed by atoms with Gasteiger partial charge in [-0.3, -0.25) is 0 Å². The van der Waals surface area contributed by atoms with Crippen LogP contribution in [-0.4, -0.2) is 6.54 Å². The smallest absolute Gasteiger partial charge is 0.0635 e. The molecule has 0 saturated heterocycles. The fourth-order valence-corrected chi connectivity index (χ4v) is 2.90. The molecule has 0 saturated carbocycles. The minimum Gasteiger partial charge on any atom is -0.309 e. The summed E-state index contributed by atoms with van der Waals surface area (Å²) in [6.07, 6.45) is 1.59. The van der Waals surface area contributed by atoms with E-state index in [2.05, 4.69) is 60.8 Å². The summed E-state index contributed by atoms with van der Waals surface area (Å²) in [5.41, 5.74) is 6.88. The Morgan fingerprint density at radius 1 is 1.15 bits per heavy atom. The van der Waals surface area contributed by atoms with E-state index in [1.54, 1.807) is 0 Å². The second kappa shape index (κ2) is 5.48. The Labute approximate surface area is 120 Å². The van der Waals surface area contributed by atoms with E-state index in [0.29, 0.717) is 6.42 Å². The zero-order valence-electron chi connectivity index (χ0n) is 11.7. The van der Waals surface area contributed by atoms with Crippen LogP contribution >= 0.6 is 0 Å². The van der Waals surface area contributed by atoms with Crippen molar-refractivity contribution in [3.63, 3.8) is 0 Å². The van der Waals surface area contributed by atoms with Gasteiger partial charge in [0, 0.05) is 19.0 Å². The van der Waals surface area contributed by atoms with Gasteiger partial charge in [-0.05, 0) is 41.2 Å². The first kappa shape index (κ1) is 12.9. The zero-order chi connectivity index (χ0) is 13.9. The van der Waals surface area contributed by atoms with Crippen LogP contribution in [0.5, 0.6) is 0 Å². The van der Waals surface area contributed by atoms with Crippen molar-refractivity contribution in [1.82, 2.24) is 5.32 Å². The molecule has 1 atom stereocenters. The molecule has 0 aliphatic heterocycles. The van der Waals surface area contributed by atoms with E-state index in [1.165, 1.54) is 27.8 Å². The predicted octanol–water partition coefficient (Wildman–Crippen LogP) is 3.82. The van der Waals surface area contributed by atoms with Crippen LogP contribution in [0.3, 0.4) is 0 Å². The molecule has 1 aliphatic carbocycles. The van der Waals surface area contributed by atoms with Crippen LogP contribution in [0.4, 0.5) is 0 Å². The van der Waals surface area contributed by atoms with Crippen molar-refractivity contribution >= 4 is 0 Å². The van der Waals surface area contributed by atoms with E-state index in [9.17, 15) is 0 Å². The normalized spacial score (nSPS) is 13.4. The Balaban J connectivity index is 1.82. The van der Waals surface area contributed by atoms with Crippen LogP contribution in [0.2, 0.25) is 0 Å². The summed E-state index contributed by atoms with van der Waals surface area (Å²) in [5, 5.41) is 12.0. The molecule has 1 N–H and O–H groups in total. The van der Waals surface area contributed by atoms with Crippen molar-refractivity contribution in [2.24, 2.45) is 0 Å². The average Bonchev–Trinajstić information content (AvgIpc) is 2.85. The van der Waals surface area contributed by atoms with Gasteiger partial charge >= 0.3 is 0 Å². The van der Waals surface area contributed by atoms with Crippen molar-refractivity contribution in [2.45, 2.75) is 25.8 Å². The monoisotopic (exact) mass is 262 g/mol. The number of nitrogens with one attached hydrogen (secondary N) is 1. The van der Waals surface area contributed by atoms with E-state index >= 15 is 0 Å². The first-order valence-corrected chi connectivity index (χ1v) is 7.11. The maximum absolute atomic E-state index is 8.59. The molecule has 2 heteroatoms. The van der Waals surface area contributed by atoms with Gasteiger partial charge in [-0.2, -0.15) is 5.26 Å². The molecule has 2 nitrogen and oxygen atoms in total. The second-order valence-corrected chi connectivity index (χ2v) is 5.33. The predicted molar refractivity (Wildman–Crippen MR) is 81.3 cm³/mol. The van der Waals surface area contributed by atoms with Crippen molar-refractivity contribution in [3.8, 4) is 17.2 Å². The third-order valence-electron chi connectivity index (χ3n) is 4.01. The first-order chi connectivity index (χ1) is 9.79. The molecular formula is C18H18N2. The Bertz CT molecular complexity index is 667. The second-order valence-electron chi connectivity index (χ2n) is 5.33. The number of hydrogen-bond acceptors (Lipinski definition) is 2. The highest BCUT2D eigenvalue weighted by Crippen LogP contribution is 2.37. The molecule has 0 bridgehead atoms. The molecule has 3 rings (SSSR count). The molecule has 1 aliphatic rings. The summed E-state index contributed by atoms with van der Waals surface area (Å²) in [4.78, 5) is 0. The van der Waals surface area contributed by atoms with Crippen LogP contribution in [0, 0.1) is 11.3 Å². The van der Waals surface area contributed by atoms with Crippen molar-refractivity contribution < 1.29 is 0 Å². The Kier molecular flexibility index (Phi) is 3.54. The van der Waals surface area contributed by atoms with E-state index < -0.39 is 0 Å². The number of benzene rings is 2. The molecule has 0 amide bonds. The molecule has 0 spiro atoms. The Morgan fingerprint density at radius 3 is 2.80 bits per heavy atom. The van der Waals surface area contributed by atoms with E-state index in [0.717, 1.165) is 13.0 Å². The number of fused-ring (bicyclic) bond motifs is 3. The van der Waals surface area contributed by atoms with Gasteiger partial charge in [0.25, 0.3) is 0 Å². The summed E-state index contributed by atoms with van der Waals surface area (Å²) in [6.45, 7) is 2.90. The lowest BCUT2D eigenvalue weighted by atomic mass is 10.0. The SMILES string of the molecule is CC(NCCC#N)c1ccc2c(c1)Cc1ccccc1-2. The molecule has 0 aromatic heterocycles. The molecule has 2 aromatic carbocycles. The standard InChI is InChI=1S/C18H18N2/c1-13(20-10-4-9-19)14-7-8-18-16(11-14)12-15-5-2-3-6-17(15)18/h2-3,5-8,11,13,20H,4,10,12H2,1H3. The van der Waals surface area contributed by atoms with Crippen LogP contribution < -0.4 is 5.32 Å². The van der Waals surface area contributed by atoms with Gasteiger partial charge in [0.1, 0.15) is 0 Å². The fourth-order valence-electron chi connectivity index (χ4n) is 2.90. The van der Waals surface area contributed by atoms with Gasteiger partial charge in [-0.15, -0.1) is 0 Å². The van der Waals surface area contributed by atoms with Crippen LogP contribution in [0.25, 0.3) is 11.1 Å². The first-order valence-electron chi connectivity index (χ1n) is 7.11. The van der Waals surface area contributed by atoms with Gasteiger partial charge in [0.2, 0.25) is 0 Å². The quantitative estimate of drug-likeness (QED) is 0.725.